The number of hydrogen-bond donors (Lipinski definition) is 2. The predicted octanol–water partition coefficient (Wildman–Crippen LogP) is 2.89. The summed E-state index contributed by atoms with van der Waals surface area (Å²) in [6, 6.07) is 6.17. The Balaban J connectivity index is 2.25. The van der Waals surface area contributed by atoms with Gasteiger partial charge in [0.05, 0.1) is 5.54 Å². The molecule has 0 amide bonds. The van der Waals surface area contributed by atoms with Crippen LogP contribution in [0.3, 0.4) is 0 Å². The highest BCUT2D eigenvalue weighted by atomic mass is 14.8. The Morgan fingerprint density at radius 1 is 1.39 bits per heavy atom. The Morgan fingerprint density at radius 2 is 2.17 bits per heavy atom. The van der Waals surface area contributed by atoms with E-state index >= 15 is 0 Å². The van der Waals surface area contributed by atoms with E-state index in [9.17, 15) is 0 Å². The number of anilines is 1. The standard InChI is InChI=1S/C16H20N2/c1-3-14-11-6-10(2)9-16(14,18)15-5-4-13(17)8-12(15)7-11/h3-6,8,11H,7,9,17-18H2,1-2H3/t11-,16+/m1/s1. The van der Waals surface area contributed by atoms with Crippen LogP contribution in [-0.2, 0) is 12.0 Å². The Labute approximate surface area is 108 Å². The summed E-state index contributed by atoms with van der Waals surface area (Å²) in [6.07, 6.45) is 6.51. The molecular weight excluding hydrogens is 220 g/mol. The van der Waals surface area contributed by atoms with Gasteiger partial charge in [-0.2, -0.15) is 0 Å². The van der Waals surface area contributed by atoms with Gasteiger partial charge in [-0.1, -0.05) is 23.8 Å². The van der Waals surface area contributed by atoms with Gasteiger partial charge in [-0.15, -0.1) is 0 Å². The van der Waals surface area contributed by atoms with Crippen molar-refractivity contribution >= 4 is 5.69 Å². The van der Waals surface area contributed by atoms with Crippen molar-refractivity contribution in [1.29, 1.82) is 0 Å². The molecule has 0 aliphatic heterocycles. The summed E-state index contributed by atoms with van der Waals surface area (Å²) in [7, 11) is 0. The fraction of sp³-hybridized carbons (Fsp3) is 0.375. The third-order valence-electron chi connectivity index (χ3n) is 4.32. The summed E-state index contributed by atoms with van der Waals surface area (Å²) in [4.78, 5) is 0. The largest absolute Gasteiger partial charge is 0.399 e. The maximum atomic E-state index is 6.76. The van der Waals surface area contributed by atoms with Crippen molar-refractivity contribution in [3.63, 3.8) is 0 Å². The second kappa shape index (κ2) is 3.72. The van der Waals surface area contributed by atoms with Gasteiger partial charge in [-0.3, -0.25) is 0 Å². The summed E-state index contributed by atoms with van der Waals surface area (Å²) in [5.41, 5.74) is 18.5. The molecule has 94 valence electrons. The van der Waals surface area contributed by atoms with Crippen LogP contribution >= 0.6 is 0 Å². The molecule has 1 aromatic rings. The van der Waals surface area contributed by atoms with E-state index in [1.165, 1.54) is 22.3 Å². The van der Waals surface area contributed by atoms with Crippen molar-refractivity contribution in [1.82, 2.24) is 0 Å². The fourth-order valence-corrected chi connectivity index (χ4v) is 3.71. The summed E-state index contributed by atoms with van der Waals surface area (Å²) in [5.74, 6) is 0.447. The van der Waals surface area contributed by atoms with Gasteiger partial charge in [0, 0.05) is 11.6 Å². The van der Waals surface area contributed by atoms with Gasteiger partial charge >= 0.3 is 0 Å². The fourth-order valence-electron chi connectivity index (χ4n) is 3.71. The minimum Gasteiger partial charge on any atom is -0.399 e. The SMILES string of the molecule is CC=C1[C@@H]2C=C(C)C[C@@]1(N)c1ccc(N)cc1C2. The van der Waals surface area contributed by atoms with Crippen molar-refractivity contribution in [2.75, 3.05) is 5.73 Å². The lowest BCUT2D eigenvalue weighted by atomic mass is 9.62. The highest BCUT2D eigenvalue weighted by Crippen LogP contribution is 2.48. The zero-order valence-electron chi connectivity index (χ0n) is 11.0. The van der Waals surface area contributed by atoms with Crippen LogP contribution in [0.2, 0.25) is 0 Å². The summed E-state index contributed by atoms with van der Waals surface area (Å²) in [6.45, 7) is 4.28. The number of nitrogen functional groups attached to an aromatic ring is 1. The van der Waals surface area contributed by atoms with Gasteiger partial charge < -0.3 is 11.5 Å². The third kappa shape index (κ3) is 1.45. The van der Waals surface area contributed by atoms with E-state index in [-0.39, 0.29) is 5.54 Å². The summed E-state index contributed by atoms with van der Waals surface area (Å²) < 4.78 is 0. The molecule has 0 aromatic heterocycles. The van der Waals surface area contributed by atoms with Crippen molar-refractivity contribution in [2.45, 2.75) is 32.2 Å². The number of benzene rings is 1. The van der Waals surface area contributed by atoms with Crippen LogP contribution in [0.1, 0.15) is 31.4 Å². The Hall–Kier alpha value is -1.54. The topological polar surface area (TPSA) is 52.0 Å². The van der Waals surface area contributed by atoms with E-state index in [1.807, 2.05) is 6.07 Å². The monoisotopic (exact) mass is 240 g/mol. The Morgan fingerprint density at radius 3 is 2.89 bits per heavy atom. The van der Waals surface area contributed by atoms with E-state index < -0.39 is 0 Å². The zero-order valence-corrected chi connectivity index (χ0v) is 11.0. The lowest BCUT2D eigenvalue weighted by Crippen LogP contribution is -2.47. The van der Waals surface area contributed by atoms with Gasteiger partial charge in [0.25, 0.3) is 0 Å². The predicted molar refractivity (Wildman–Crippen MR) is 76.0 cm³/mol. The average Bonchev–Trinajstić information content (AvgIpc) is 2.26. The number of fused-ring (bicyclic) bond motifs is 4. The van der Waals surface area contributed by atoms with Crippen LogP contribution < -0.4 is 11.5 Å². The zero-order chi connectivity index (χ0) is 12.9. The Bertz CT molecular complexity index is 568. The first-order valence-electron chi connectivity index (χ1n) is 6.56. The highest BCUT2D eigenvalue weighted by molar-refractivity contribution is 5.55. The second-order valence-electron chi connectivity index (χ2n) is 5.63. The minimum absolute atomic E-state index is 0.320. The number of nitrogens with two attached hydrogens (primary N) is 2. The molecule has 2 atom stereocenters. The first-order valence-corrected chi connectivity index (χ1v) is 6.56. The second-order valence-corrected chi connectivity index (χ2v) is 5.63. The first-order chi connectivity index (χ1) is 8.54. The van der Waals surface area contributed by atoms with Gasteiger partial charge in [0.15, 0.2) is 0 Å². The lowest BCUT2D eigenvalue weighted by Gasteiger charge is -2.45. The molecular formula is C16H20N2. The first kappa shape index (κ1) is 11.5. The van der Waals surface area contributed by atoms with E-state index in [4.69, 9.17) is 11.5 Å². The molecule has 0 heterocycles. The smallest absolute Gasteiger partial charge is 0.0671 e. The van der Waals surface area contributed by atoms with E-state index in [2.05, 4.69) is 38.1 Å². The van der Waals surface area contributed by atoms with Crippen molar-refractivity contribution in [3.8, 4) is 0 Å². The van der Waals surface area contributed by atoms with Gasteiger partial charge in [-0.25, -0.2) is 0 Å². The molecule has 0 radical (unpaired) electrons. The maximum absolute atomic E-state index is 6.76. The molecule has 0 saturated heterocycles. The molecule has 2 aliphatic rings. The van der Waals surface area contributed by atoms with Crippen molar-refractivity contribution in [2.24, 2.45) is 11.7 Å². The molecule has 2 nitrogen and oxygen atoms in total. The van der Waals surface area contributed by atoms with Crippen LogP contribution in [0.4, 0.5) is 5.69 Å². The molecule has 2 aliphatic carbocycles. The highest BCUT2D eigenvalue weighted by Gasteiger charge is 2.43. The molecule has 4 N–H and O–H groups in total. The Kier molecular flexibility index (Phi) is 2.39. The van der Waals surface area contributed by atoms with Crippen molar-refractivity contribution < 1.29 is 0 Å². The third-order valence-corrected chi connectivity index (χ3v) is 4.32. The normalized spacial score (nSPS) is 32.1. The van der Waals surface area contributed by atoms with Crippen molar-refractivity contribution in [3.05, 3.63) is 52.6 Å². The quantitative estimate of drug-likeness (QED) is 0.541. The molecule has 2 heteroatoms. The molecule has 0 saturated carbocycles. The molecule has 0 unspecified atom stereocenters. The number of hydrogen-bond acceptors (Lipinski definition) is 2. The van der Waals surface area contributed by atoms with E-state index in [0.29, 0.717) is 5.92 Å². The summed E-state index contributed by atoms with van der Waals surface area (Å²) >= 11 is 0. The average molecular weight is 240 g/mol. The summed E-state index contributed by atoms with van der Waals surface area (Å²) in [5, 5.41) is 0. The van der Waals surface area contributed by atoms with E-state index in [1.54, 1.807) is 0 Å². The van der Waals surface area contributed by atoms with Crippen LogP contribution in [-0.4, -0.2) is 0 Å². The maximum Gasteiger partial charge on any atom is 0.0671 e. The van der Waals surface area contributed by atoms with Gasteiger partial charge in [-0.05, 0) is 55.5 Å². The molecule has 3 rings (SSSR count). The van der Waals surface area contributed by atoms with Crippen LogP contribution in [0.25, 0.3) is 0 Å². The minimum atomic E-state index is -0.320. The molecule has 0 fully saturated rings. The van der Waals surface area contributed by atoms with Gasteiger partial charge in [0.1, 0.15) is 0 Å². The number of allylic oxidation sites excluding steroid dienone is 2. The molecule has 18 heavy (non-hydrogen) atoms. The molecule has 0 spiro atoms. The molecule has 2 bridgehead atoms. The van der Waals surface area contributed by atoms with Crippen LogP contribution in [0.15, 0.2) is 41.5 Å². The van der Waals surface area contributed by atoms with E-state index in [0.717, 1.165) is 18.5 Å². The molecule has 1 aromatic carbocycles. The van der Waals surface area contributed by atoms with Gasteiger partial charge in [0.2, 0.25) is 0 Å². The van der Waals surface area contributed by atoms with Crippen LogP contribution in [0.5, 0.6) is 0 Å². The number of rotatable bonds is 0. The lowest BCUT2D eigenvalue weighted by molar-refractivity contribution is 0.415. The van der Waals surface area contributed by atoms with Crippen LogP contribution in [0, 0.1) is 5.92 Å².